The molecule has 96 valence electrons. The highest BCUT2D eigenvalue weighted by Crippen LogP contribution is 2.57. The average Bonchev–Trinajstić information content (AvgIpc) is 2.89. The quantitative estimate of drug-likeness (QED) is 0.863. The molecule has 0 bridgehead atoms. The molecular weight excluding hydrogens is 310 g/mol. The summed E-state index contributed by atoms with van der Waals surface area (Å²) in [6, 6.07) is 3.73. The van der Waals surface area contributed by atoms with Crippen molar-refractivity contribution in [2.45, 2.75) is 18.8 Å². The van der Waals surface area contributed by atoms with Crippen molar-refractivity contribution in [3.63, 3.8) is 0 Å². The van der Waals surface area contributed by atoms with E-state index >= 15 is 0 Å². The molecular formula is C13H10BrN3O2. The molecule has 2 aromatic rings. The lowest BCUT2D eigenvalue weighted by molar-refractivity contribution is 0.0688. The van der Waals surface area contributed by atoms with Crippen molar-refractivity contribution in [2.24, 2.45) is 5.92 Å². The molecule has 2 aromatic heterocycles. The second-order valence-electron chi connectivity index (χ2n) is 5.07. The largest absolute Gasteiger partial charge is 0.476 e. The molecule has 1 saturated carbocycles. The Morgan fingerprint density at radius 2 is 2.32 bits per heavy atom. The summed E-state index contributed by atoms with van der Waals surface area (Å²) in [4.78, 5) is 15.5. The lowest BCUT2D eigenvalue weighted by Gasteiger charge is -2.05. The Balaban J connectivity index is 1.91. The van der Waals surface area contributed by atoms with Crippen molar-refractivity contribution in [1.29, 1.82) is 0 Å². The van der Waals surface area contributed by atoms with Crippen molar-refractivity contribution in [3.05, 3.63) is 39.9 Å². The molecule has 2 aliphatic carbocycles. The summed E-state index contributed by atoms with van der Waals surface area (Å²) in [5.41, 5.74) is 3.01. The van der Waals surface area contributed by atoms with Gasteiger partial charge in [0.2, 0.25) is 0 Å². The highest BCUT2D eigenvalue weighted by atomic mass is 79.9. The van der Waals surface area contributed by atoms with Gasteiger partial charge in [-0.25, -0.2) is 14.5 Å². The van der Waals surface area contributed by atoms with E-state index in [1.54, 1.807) is 10.9 Å². The van der Waals surface area contributed by atoms with Gasteiger partial charge in [-0.3, -0.25) is 0 Å². The number of carboxylic acids is 1. The number of carboxylic acid groups (broad SMARTS) is 1. The summed E-state index contributed by atoms with van der Waals surface area (Å²) in [7, 11) is 0. The fourth-order valence-corrected chi connectivity index (χ4v) is 3.21. The van der Waals surface area contributed by atoms with Gasteiger partial charge in [0.25, 0.3) is 0 Å². The Bertz CT molecular complexity index is 693. The number of rotatable bonds is 2. The molecule has 2 heterocycles. The van der Waals surface area contributed by atoms with E-state index in [2.05, 4.69) is 26.0 Å². The molecule has 0 amide bonds. The first-order valence-electron chi connectivity index (χ1n) is 6.12. The first-order valence-corrected chi connectivity index (χ1v) is 6.91. The molecule has 6 heteroatoms. The first-order chi connectivity index (χ1) is 9.15. The number of aromatic carboxylic acids is 1. The Morgan fingerprint density at radius 1 is 1.47 bits per heavy atom. The van der Waals surface area contributed by atoms with Crippen LogP contribution in [0.3, 0.4) is 0 Å². The van der Waals surface area contributed by atoms with Crippen molar-refractivity contribution >= 4 is 21.9 Å². The summed E-state index contributed by atoms with van der Waals surface area (Å²) in [5.74, 6) is 0.168. The van der Waals surface area contributed by atoms with Gasteiger partial charge in [0.05, 0.1) is 17.6 Å². The van der Waals surface area contributed by atoms with Crippen LogP contribution in [0.15, 0.2) is 22.9 Å². The van der Waals surface area contributed by atoms with E-state index in [9.17, 15) is 9.90 Å². The fourth-order valence-electron chi connectivity index (χ4n) is 2.98. The Morgan fingerprint density at radius 3 is 3.00 bits per heavy atom. The average molecular weight is 320 g/mol. The van der Waals surface area contributed by atoms with Gasteiger partial charge in [-0.15, -0.1) is 0 Å². The Labute approximate surface area is 117 Å². The Kier molecular flexibility index (Phi) is 2.15. The van der Waals surface area contributed by atoms with Gasteiger partial charge < -0.3 is 5.11 Å². The van der Waals surface area contributed by atoms with Gasteiger partial charge in [0.1, 0.15) is 4.60 Å². The van der Waals surface area contributed by atoms with Crippen molar-refractivity contribution in [2.75, 3.05) is 0 Å². The molecule has 2 atom stereocenters. The third-order valence-corrected chi connectivity index (χ3v) is 4.39. The lowest BCUT2D eigenvalue weighted by atomic mass is 10.1. The van der Waals surface area contributed by atoms with Crippen LogP contribution < -0.4 is 0 Å². The fraction of sp³-hybridized carbons (Fsp3) is 0.308. The minimum absolute atomic E-state index is 0.199. The topological polar surface area (TPSA) is 68.0 Å². The predicted molar refractivity (Wildman–Crippen MR) is 70.6 cm³/mol. The van der Waals surface area contributed by atoms with E-state index in [4.69, 9.17) is 0 Å². The number of carbonyl (C=O) groups is 1. The van der Waals surface area contributed by atoms with E-state index in [1.165, 1.54) is 0 Å². The van der Waals surface area contributed by atoms with Gasteiger partial charge in [-0.2, -0.15) is 5.10 Å². The monoisotopic (exact) mass is 319 g/mol. The minimum Gasteiger partial charge on any atom is -0.476 e. The van der Waals surface area contributed by atoms with Crippen LogP contribution in [0.2, 0.25) is 0 Å². The summed E-state index contributed by atoms with van der Waals surface area (Å²) in [5, 5.41) is 13.5. The summed E-state index contributed by atoms with van der Waals surface area (Å²) in [6.07, 6.45) is 3.71. The van der Waals surface area contributed by atoms with Gasteiger partial charge >= 0.3 is 5.97 Å². The minimum atomic E-state index is -0.943. The van der Waals surface area contributed by atoms with Crippen LogP contribution in [0.4, 0.5) is 0 Å². The maximum Gasteiger partial charge on any atom is 0.356 e. The van der Waals surface area contributed by atoms with Crippen LogP contribution in [0.5, 0.6) is 0 Å². The molecule has 5 nitrogen and oxygen atoms in total. The van der Waals surface area contributed by atoms with Gasteiger partial charge in [-0.1, -0.05) is 0 Å². The van der Waals surface area contributed by atoms with Crippen LogP contribution in [0.25, 0.3) is 5.69 Å². The van der Waals surface area contributed by atoms with Gasteiger partial charge in [0, 0.05) is 11.5 Å². The zero-order valence-electron chi connectivity index (χ0n) is 9.88. The second kappa shape index (κ2) is 3.66. The molecule has 0 saturated heterocycles. The molecule has 0 aromatic carbocycles. The third-order valence-electron chi connectivity index (χ3n) is 3.92. The molecule has 0 spiro atoms. The highest BCUT2D eigenvalue weighted by molar-refractivity contribution is 9.10. The molecule has 4 rings (SSSR count). The highest BCUT2D eigenvalue weighted by Gasteiger charge is 2.50. The maximum absolute atomic E-state index is 11.3. The zero-order chi connectivity index (χ0) is 13.1. The maximum atomic E-state index is 11.3. The number of pyridine rings is 1. The molecule has 0 unspecified atom stereocenters. The molecule has 0 aliphatic heterocycles. The number of halogens is 1. The SMILES string of the molecule is O=C(O)c1nn(-c2ccc(Br)nc2)c2c1C[C@H]1C[C@@H]21. The van der Waals surface area contributed by atoms with Crippen LogP contribution in [-0.2, 0) is 6.42 Å². The molecule has 1 N–H and O–H groups in total. The summed E-state index contributed by atoms with van der Waals surface area (Å²) in [6.45, 7) is 0. The van der Waals surface area contributed by atoms with Crippen LogP contribution in [0, 0.1) is 5.92 Å². The zero-order valence-corrected chi connectivity index (χ0v) is 11.5. The van der Waals surface area contributed by atoms with E-state index in [-0.39, 0.29) is 5.69 Å². The van der Waals surface area contributed by atoms with Crippen molar-refractivity contribution < 1.29 is 9.90 Å². The smallest absolute Gasteiger partial charge is 0.356 e. The molecule has 19 heavy (non-hydrogen) atoms. The molecule has 1 fully saturated rings. The predicted octanol–water partition coefficient (Wildman–Crippen LogP) is 2.39. The second-order valence-corrected chi connectivity index (χ2v) is 5.89. The first kappa shape index (κ1) is 11.2. The van der Waals surface area contributed by atoms with Crippen LogP contribution >= 0.6 is 15.9 Å². The van der Waals surface area contributed by atoms with Crippen molar-refractivity contribution in [3.8, 4) is 5.69 Å². The normalized spacial score (nSPS) is 23.0. The van der Waals surface area contributed by atoms with Crippen LogP contribution in [-0.4, -0.2) is 25.8 Å². The number of nitrogens with zero attached hydrogens (tertiary/aromatic N) is 3. The molecule has 2 aliphatic rings. The lowest BCUT2D eigenvalue weighted by Crippen LogP contribution is -2.04. The standard InChI is InChI=1S/C13H10BrN3O2/c14-10-2-1-7(5-15-10)17-12-8-3-6(8)4-9(12)11(16-17)13(18)19/h1-2,5-6,8H,3-4H2,(H,18,19)/t6-,8-/m1/s1. The number of aromatic nitrogens is 3. The van der Waals surface area contributed by atoms with E-state index in [0.717, 1.165) is 34.4 Å². The summed E-state index contributed by atoms with van der Waals surface area (Å²) >= 11 is 3.29. The third kappa shape index (κ3) is 1.56. The van der Waals surface area contributed by atoms with E-state index < -0.39 is 5.97 Å². The number of fused-ring (bicyclic) bond motifs is 3. The van der Waals surface area contributed by atoms with Gasteiger partial charge in [-0.05, 0) is 46.8 Å². The van der Waals surface area contributed by atoms with Crippen molar-refractivity contribution in [1.82, 2.24) is 14.8 Å². The van der Waals surface area contributed by atoms with E-state index in [1.807, 2.05) is 12.1 Å². The van der Waals surface area contributed by atoms with E-state index in [0.29, 0.717) is 11.8 Å². The molecule has 0 radical (unpaired) electrons. The van der Waals surface area contributed by atoms with Crippen LogP contribution in [0.1, 0.15) is 34.1 Å². The number of hydrogen-bond donors (Lipinski definition) is 1. The Hall–Kier alpha value is -1.69. The van der Waals surface area contributed by atoms with Gasteiger partial charge in [0.15, 0.2) is 5.69 Å². The summed E-state index contributed by atoms with van der Waals surface area (Å²) < 4.78 is 2.51. The number of hydrogen-bond acceptors (Lipinski definition) is 3.